The second kappa shape index (κ2) is 11.9. The third-order valence-corrected chi connectivity index (χ3v) is 6.04. The van der Waals surface area contributed by atoms with Crippen molar-refractivity contribution in [1.82, 2.24) is 10.2 Å². The van der Waals surface area contributed by atoms with Crippen molar-refractivity contribution in [2.24, 2.45) is 28.6 Å². The SMILES string of the molecule is COC(=O)ON=C(N)C1CCC(CNC(=O)[C@@H]2CCCN2C(=O)[C@H](O)CC(C)C)CC1. The fourth-order valence-corrected chi connectivity index (χ4v) is 4.27. The van der Waals surface area contributed by atoms with Gasteiger partial charge in [0.05, 0.1) is 7.11 Å². The fraction of sp³-hybridized carbons (Fsp3) is 0.810. The Kier molecular flexibility index (Phi) is 9.54. The summed E-state index contributed by atoms with van der Waals surface area (Å²) < 4.78 is 4.35. The maximum atomic E-state index is 12.7. The first-order valence-corrected chi connectivity index (χ1v) is 11.1. The summed E-state index contributed by atoms with van der Waals surface area (Å²) in [7, 11) is 1.20. The molecule has 2 rings (SSSR count). The quantitative estimate of drug-likeness (QED) is 0.170. The van der Waals surface area contributed by atoms with Gasteiger partial charge in [0.1, 0.15) is 18.0 Å². The Labute approximate surface area is 183 Å². The van der Waals surface area contributed by atoms with Gasteiger partial charge in [-0.3, -0.25) is 14.4 Å². The molecule has 1 aliphatic heterocycles. The number of amides is 2. The van der Waals surface area contributed by atoms with Gasteiger partial charge in [0, 0.05) is 19.0 Å². The molecule has 0 aromatic carbocycles. The molecular weight excluding hydrogens is 404 g/mol. The van der Waals surface area contributed by atoms with E-state index < -0.39 is 18.3 Å². The van der Waals surface area contributed by atoms with Gasteiger partial charge in [-0.05, 0) is 56.8 Å². The molecule has 2 fully saturated rings. The summed E-state index contributed by atoms with van der Waals surface area (Å²) in [6, 6.07) is -0.510. The molecule has 1 aliphatic carbocycles. The molecule has 1 saturated carbocycles. The number of oxime groups is 1. The number of carbonyl (C=O) groups excluding carboxylic acids is 3. The lowest BCUT2D eigenvalue weighted by atomic mass is 9.81. The van der Waals surface area contributed by atoms with Crippen molar-refractivity contribution in [2.75, 3.05) is 20.2 Å². The van der Waals surface area contributed by atoms with E-state index in [1.54, 1.807) is 0 Å². The molecule has 31 heavy (non-hydrogen) atoms. The van der Waals surface area contributed by atoms with Gasteiger partial charge in [-0.25, -0.2) is 4.79 Å². The number of hydrogen-bond donors (Lipinski definition) is 3. The molecule has 2 aliphatic rings. The van der Waals surface area contributed by atoms with E-state index in [4.69, 9.17) is 5.73 Å². The van der Waals surface area contributed by atoms with Gasteiger partial charge in [-0.15, -0.1) is 0 Å². The highest BCUT2D eigenvalue weighted by atomic mass is 16.8. The first-order valence-electron chi connectivity index (χ1n) is 11.1. The second-order valence-electron chi connectivity index (χ2n) is 8.86. The normalized spacial score (nSPS) is 25.3. The number of aliphatic hydroxyl groups is 1. The molecule has 0 bridgehead atoms. The Morgan fingerprint density at radius 2 is 1.87 bits per heavy atom. The van der Waals surface area contributed by atoms with Gasteiger partial charge in [0.2, 0.25) is 5.91 Å². The van der Waals surface area contributed by atoms with Crippen LogP contribution in [0.2, 0.25) is 0 Å². The fourth-order valence-electron chi connectivity index (χ4n) is 4.27. The van der Waals surface area contributed by atoms with Crippen LogP contribution in [0.3, 0.4) is 0 Å². The van der Waals surface area contributed by atoms with Crippen LogP contribution in [0.5, 0.6) is 0 Å². The van der Waals surface area contributed by atoms with Crippen molar-refractivity contribution in [3.63, 3.8) is 0 Å². The highest BCUT2D eigenvalue weighted by Crippen LogP contribution is 2.29. The molecule has 2 amide bonds. The van der Waals surface area contributed by atoms with Gasteiger partial charge in [-0.1, -0.05) is 19.0 Å². The third-order valence-electron chi connectivity index (χ3n) is 6.04. The molecule has 10 heteroatoms. The van der Waals surface area contributed by atoms with Crippen LogP contribution in [-0.2, 0) is 19.2 Å². The molecule has 0 radical (unpaired) electrons. The van der Waals surface area contributed by atoms with Crippen LogP contribution >= 0.6 is 0 Å². The van der Waals surface area contributed by atoms with E-state index in [2.05, 4.69) is 20.0 Å². The topological polar surface area (TPSA) is 144 Å². The van der Waals surface area contributed by atoms with Crippen molar-refractivity contribution < 1.29 is 29.1 Å². The third kappa shape index (κ3) is 7.37. The number of nitrogens with zero attached hydrogens (tertiary/aromatic N) is 2. The van der Waals surface area contributed by atoms with Gasteiger partial charge in [0.25, 0.3) is 5.91 Å². The summed E-state index contributed by atoms with van der Waals surface area (Å²) in [6.45, 7) is 4.94. The smallest absolute Gasteiger partial charge is 0.436 e. The summed E-state index contributed by atoms with van der Waals surface area (Å²) in [6.07, 6.45) is 3.10. The predicted octanol–water partition coefficient (Wildman–Crippen LogP) is 1.36. The molecule has 0 spiro atoms. The van der Waals surface area contributed by atoms with E-state index in [0.29, 0.717) is 31.8 Å². The Morgan fingerprint density at radius 3 is 2.48 bits per heavy atom. The van der Waals surface area contributed by atoms with Crippen LogP contribution in [0.15, 0.2) is 5.16 Å². The molecule has 2 atom stereocenters. The van der Waals surface area contributed by atoms with Crippen molar-refractivity contribution in [1.29, 1.82) is 0 Å². The van der Waals surface area contributed by atoms with Crippen LogP contribution in [0, 0.1) is 17.8 Å². The van der Waals surface area contributed by atoms with Crippen LogP contribution < -0.4 is 11.1 Å². The molecule has 1 heterocycles. The number of hydrogen-bond acceptors (Lipinski definition) is 7. The summed E-state index contributed by atoms with van der Waals surface area (Å²) >= 11 is 0. The summed E-state index contributed by atoms with van der Waals surface area (Å²) in [5, 5.41) is 16.8. The van der Waals surface area contributed by atoms with E-state index >= 15 is 0 Å². The van der Waals surface area contributed by atoms with Crippen molar-refractivity contribution in [3.8, 4) is 0 Å². The number of ether oxygens (including phenoxy) is 1. The van der Waals surface area contributed by atoms with Gasteiger partial charge in [-0.2, -0.15) is 0 Å². The molecule has 0 aromatic rings. The second-order valence-corrected chi connectivity index (χ2v) is 8.86. The Bertz CT molecular complexity index is 660. The molecule has 1 saturated heterocycles. The minimum absolute atomic E-state index is 0.0296. The van der Waals surface area contributed by atoms with E-state index in [9.17, 15) is 19.5 Å². The predicted molar refractivity (Wildman–Crippen MR) is 114 cm³/mol. The minimum atomic E-state index is -1.06. The minimum Gasteiger partial charge on any atom is -0.436 e. The van der Waals surface area contributed by atoms with E-state index in [0.717, 1.165) is 32.1 Å². The van der Waals surface area contributed by atoms with Crippen LogP contribution in [-0.4, -0.2) is 66.2 Å². The van der Waals surface area contributed by atoms with Gasteiger partial charge < -0.3 is 25.8 Å². The molecule has 0 unspecified atom stereocenters. The first kappa shape index (κ1) is 24.9. The lowest BCUT2D eigenvalue weighted by Gasteiger charge is -2.30. The zero-order valence-electron chi connectivity index (χ0n) is 18.7. The number of nitrogens with one attached hydrogen (secondary N) is 1. The molecule has 10 nitrogen and oxygen atoms in total. The van der Waals surface area contributed by atoms with Crippen molar-refractivity contribution in [2.45, 2.75) is 70.9 Å². The lowest BCUT2D eigenvalue weighted by Crippen LogP contribution is -2.50. The molecule has 0 aromatic heterocycles. The lowest BCUT2D eigenvalue weighted by molar-refractivity contribution is -0.145. The number of rotatable bonds is 8. The number of methoxy groups -OCH3 is 1. The Hall–Kier alpha value is -2.36. The van der Waals surface area contributed by atoms with Gasteiger partial charge >= 0.3 is 6.16 Å². The first-order chi connectivity index (χ1) is 14.7. The Morgan fingerprint density at radius 1 is 1.19 bits per heavy atom. The highest BCUT2D eigenvalue weighted by Gasteiger charge is 2.37. The molecule has 4 N–H and O–H groups in total. The van der Waals surface area contributed by atoms with Crippen LogP contribution in [0.1, 0.15) is 58.8 Å². The number of amidine groups is 1. The monoisotopic (exact) mass is 440 g/mol. The number of likely N-dealkylation sites (tertiary alicyclic amines) is 1. The number of nitrogens with two attached hydrogens (primary N) is 1. The van der Waals surface area contributed by atoms with Crippen LogP contribution in [0.25, 0.3) is 0 Å². The number of aliphatic hydroxyl groups excluding tert-OH is 1. The van der Waals surface area contributed by atoms with Crippen molar-refractivity contribution in [3.05, 3.63) is 0 Å². The largest absolute Gasteiger partial charge is 0.534 e. The maximum Gasteiger partial charge on any atom is 0.534 e. The zero-order valence-corrected chi connectivity index (χ0v) is 18.7. The van der Waals surface area contributed by atoms with E-state index in [-0.39, 0.29) is 29.5 Å². The maximum absolute atomic E-state index is 12.7. The average Bonchev–Trinajstić information content (AvgIpc) is 3.24. The molecular formula is C21H36N4O6. The summed E-state index contributed by atoms with van der Waals surface area (Å²) in [5.74, 6) is 0.310. The van der Waals surface area contributed by atoms with Crippen LogP contribution in [0.4, 0.5) is 4.79 Å². The molecule has 176 valence electrons. The van der Waals surface area contributed by atoms with E-state index in [1.807, 2.05) is 13.8 Å². The average molecular weight is 441 g/mol. The van der Waals surface area contributed by atoms with Gasteiger partial charge in [0.15, 0.2) is 0 Å². The van der Waals surface area contributed by atoms with Crippen molar-refractivity contribution >= 4 is 23.8 Å². The zero-order chi connectivity index (χ0) is 23.0. The standard InChI is InChI=1S/C21H36N4O6/c1-13(2)11-17(26)20(28)25-10-4-5-16(25)19(27)23-12-14-6-8-15(9-7-14)18(22)24-31-21(29)30-3/h13-17,26H,4-12H2,1-3H3,(H2,22,24)(H,23,27)/t14?,15?,16-,17+/m0/s1. The number of carbonyl (C=O) groups is 3. The summed E-state index contributed by atoms with van der Waals surface area (Å²) in [4.78, 5) is 42.3. The van der Waals surface area contributed by atoms with E-state index in [1.165, 1.54) is 12.0 Å². The summed E-state index contributed by atoms with van der Waals surface area (Å²) in [5.41, 5.74) is 5.89. The highest BCUT2D eigenvalue weighted by molar-refractivity contribution is 5.89. The Balaban J connectivity index is 1.77.